The van der Waals surface area contributed by atoms with Gasteiger partial charge >= 0.3 is 11.9 Å². The lowest BCUT2D eigenvalue weighted by Gasteiger charge is -2.24. The van der Waals surface area contributed by atoms with Gasteiger partial charge in [0, 0.05) is 0 Å². The van der Waals surface area contributed by atoms with Gasteiger partial charge in [0.1, 0.15) is 5.92 Å². The molecule has 0 aromatic carbocycles. The molecular formula is C12H18O5. The second-order valence-corrected chi connectivity index (χ2v) is 3.59. The van der Waals surface area contributed by atoms with Crippen molar-refractivity contribution in [3.05, 3.63) is 24.3 Å². The topological polar surface area (TPSA) is 94.8 Å². The summed E-state index contributed by atoms with van der Waals surface area (Å²) < 4.78 is 0. The Labute approximate surface area is 100 Å². The molecule has 0 bridgehead atoms. The van der Waals surface area contributed by atoms with Gasteiger partial charge in [-0.05, 0) is 18.9 Å². The maximum absolute atomic E-state index is 11.0. The van der Waals surface area contributed by atoms with Gasteiger partial charge < -0.3 is 15.3 Å². The summed E-state index contributed by atoms with van der Waals surface area (Å²) in [7, 11) is 0. The van der Waals surface area contributed by atoms with E-state index in [2.05, 4.69) is 0 Å². The van der Waals surface area contributed by atoms with Gasteiger partial charge in [0.15, 0.2) is 5.60 Å². The molecule has 0 saturated carbocycles. The highest BCUT2D eigenvalue weighted by Gasteiger charge is 2.44. The third-order valence-corrected chi connectivity index (χ3v) is 2.25. The summed E-state index contributed by atoms with van der Waals surface area (Å²) in [5, 5.41) is 27.9. The van der Waals surface area contributed by atoms with Gasteiger partial charge in [-0.2, -0.15) is 0 Å². The van der Waals surface area contributed by atoms with Gasteiger partial charge in [-0.1, -0.05) is 32.1 Å². The van der Waals surface area contributed by atoms with Crippen LogP contribution in [-0.2, 0) is 9.59 Å². The predicted molar refractivity (Wildman–Crippen MR) is 62.6 cm³/mol. The number of rotatable bonds is 7. The van der Waals surface area contributed by atoms with Crippen molar-refractivity contribution >= 4 is 11.9 Å². The second-order valence-electron chi connectivity index (χ2n) is 3.59. The fourth-order valence-corrected chi connectivity index (χ4v) is 1.29. The van der Waals surface area contributed by atoms with Crippen LogP contribution in [0.15, 0.2) is 24.3 Å². The van der Waals surface area contributed by atoms with Gasteiger partial charge in [-0.3, -0.25) is 4.79 Å². The molecule has 0 aliphatic heterocycles. The number of allylic oxidation sites excluding steroid dienone is 2. The Hall–Kier alpha value is -1.62. The van der Waals surface area contributed by atoms with E-state index in [1.165, 1.54) is 18.2 Å². The zero-order valence-corrected chi connectivity index (χ0v) is 9.96. The molecule has 0 rings (SSSR count). The van der Waals surface area contributed by atoms with E-state index in [4.69, 9.17) is 10.2 Å². The van der Waals surface area contributed by atoms with E-state index < -0.39 is 23.5 Å². The lowest BCUT2D eigenvalue weighted by Crippen LogP contribution is -2.46. The Morgan fingerprint density at radius 3 is 2.06 bits per heavy atom. The number of carbonyl (C=O) groups is 2. The van der Waals surface area contributed by atoms with Crippen molar-refractivity contribution in [1.29, 1.82) is 0 Å². The summed E-state index contributed by atoms with van der Waals surface area (Å²) >= 11 is 0. The Bertz CT molecular complexity index is 332. The Morgan fingerprint density at radius 2 is 1.71 bits per heavy atom. The van der Waals surface area contributed by atoms with Crippen LogP contribution in [0.3, 0.4) is 0 Å². The first-order valence-corrected chi connectivity index (χ1v) is 5.43. The van der Waals surface area contributed by atoms with Crippen molar-refractivity contribution in [2.45, 2.75) is 32.3 Å². The lowest BCUT2D eigenvalue weighted by molar-refractivity contribution is -0.165. The summed E-state index contributed by atoms with van der Waals surface area (Å²) in [4.78, 5) is 22.0. The highest BCUT2D eigenvalue weighted by molar-refractivity contribution is 5.88. The molecule has 0 aliphatic carbocycles. The van der Waals surface area contributed by atoms with Crippen LogP contribution in [-0.4, -0.2) is 32.9 Å². The molecule has 0 heterocycles. The van der Waals surface area contributed by atoms with Crippen LogP contribution in [0.4, 0.5) is 0 Å². The van der Waals surface area contributed by atoms with Crippen molar-refractivity contribution < 1.29 is 24.9 Å². The molecule has 0 radical (unpaired) electrons. The Morgan fingerprint density at radius 1 is 1.18 bits per heavy atom. The Kier molecular flexibility index (Phi) is 6.20. The van der Waals surface area contributed by atoms with Crippen molar-refractivity contribution in [2.24, 2.45) is 5.92 Å². The van der Waals surface area contributed by atoms with Gasteiger partial charge in [0.2, 0.25) is 0 Å². The molecule has 3 N–H and O–H groups in total. The first kappa shape index (κ1) is 15.4. The predicted octanol–water partition coefficient (Wildman–Crippen LogP) is 1.44. The number of carboxylic acid groups (broad SMARTS) is 2. The second kappa shape index (κ2) is 6.85. The minimum Gasteiger partial charge on any atom is -0.481 e. The van der Waals surface area contributed by atoms with E-state index in [1.54, 1.807) is 13.8 Å². The largest absolute Gasteiger partial charge is 0.481 e. The molecule has 0 spiro atoms. The molecule has 5 nitrogen and oxygen atoms in total. The van der Waals surface area contributed by atoms with Crippen molar-refractivity contribution in [3.8, 4) is 0 Å². The highest BCUT2D eigenvalue weighted by Crippen LogP contribution is 2.22. The minimum absolute atomic E-state index is 0.513. The first-order chi connectivity index (χ1) is 7.90. The first-order valence-electron chi connectivity index (χ1n) is 5.43. The number of hydrogen-bond donors (Lipinski definition) is 3. The smallest absolute Gasteiger partial charge is 0.341 e. The van der Waals surface area contributed by atoms with Crippen LogP contribution in [0.25, 0.3) is 0 Å². The summed E-state index contributed by atoms with van der Waals surface area (Å²) in [6, 6.07) is 0. The van der Waals surface area contributed by atoms with Gasteiger partial charge in [0.05, 0.1) is 0 Å². The van der Waals surface area contributed by atoms with Crippen LogP contribution >= 0.6 is 0 Å². The molecule has 96 valence electrons. The van der Waals surface area contributed by atoms with Crippen LogP contribution in [0.1, 0.15) is 26.7 Å². The average Bonchev–Trinajstić information content (AvgIpc) is 2.26. The quantitative estimate of drug-likeness (QED) is 0.587. The van der Waals surface area contributed by atoms with Crippen LogP contribution in [0, 0.1) is 5.92 Å². The fourth-order valence-electron chi connectivity index (χ4n) is 1.29. The maximum atomic E-state index is 11.0. The van der Waals surface area contributed by atoms with E-state index in [0.29, 0.717) is 12.8 Å². The van der Waals surface area contributed by atoms with Crippen molar-refractivity contribution in [2.75, 3.05) is 0 Å². The van der Waals surface area contributed by atoms with Crippen LogP contribution in [0.5, 0.6) is 0 Å². The normalized spacial score (nSPS) is 17.1. The van der Waals surface area contributed by atoms with Gasteiger partial charge in [-0.25, -0.2) is 4.79 Å². The summed E-state index contributed by atoms with van der Waals surface area (Å²) in [5.41, 5.74) is -2.41. The summed E-state index contributed by atoms with van der Waals surface area (Å²) in [5.74, 6) is -4.45. The molecule has 0 aliphatic rings. The number of aliphatic hydroxyl groups is 1. The van der Waals surface area contributed by atoms with E-state index in [-0.39, 0.29) is 0 Å². The standard InChI is InChI=1S/C12H18O5/c1-3-5-7-9(10(13)14)12(17,11(15)16)8-6-4-2/h5-9,17H,3-4H2,1-2H3,(H,13,14)(H,15,16). The fraction of sp³-hybridized carbons (Fsp3) is 0.500. The summed E-state index contributed by atoms with van der Waals surface area (Å²) in [6.07, 6.45) is 6.26. The number of carboxylic acids is 2. The molecular weight excluding hydrogens is 224 g/mol. The molecule has 0 aromatic heterocycles. The third kappa shape index (κ3) is 4.03. The Balaban J connectivity index is 5.37. The number of aliphatic carboxylic acids is 2. The molecule has 5 heteroatoms. The van der Waals surface area contributed by atoms with Crippen molar-refractivity contribution in [3.63, 3.8) is 0 Å². The maximum Gasteiger partial charge on any atom is 0.341 e. The lowest BCUT2D eigenvalue weighted by atomic mass is 9.86. The van der Waals surface area contributed by atoms with Gasteiger partial charge in [0.25, 0.3) is 0 Å². The minimum atomic E-state index is -2.41. The SMILES string of the molecule is CCC=CC(C(=O)O)C(O)(C=CCC)C(=O)O. The average molecular weight is 242 g/mol. The molecule has 2 atom stereocenters. The summed E-state index contributed by atoms with van der Waals surface area (Å²) in [6.45, 7) is 3.55. The van der Waals surface area contributed by atoms with E-state index in [1.807, 2.05) is 0 Å². The zero-order chi connectivity index (χ0) is 13.5. The third-order valence-electron chi connectivity index (χ3n) is 2.25. The molecule has 17 heavy (non-hydrogen) atoms. The molecule has 0 saturated heterocycles. The highest BCUT2D eigenvalue weighted by atomic mass is 16.4. The molecule has 0 aromatic rings. The monoisotopic (exact) mass is 242 g/mol. The van der Waals surface area contributed by atoms with E-state index >= 15 is 0 Å². The molecule has 2 unspecified atom stereocenters. The molecule has 0 amide bonds. The van der Waals surface area contributed by atoms with Crippen LogP contribution < -0.4 is 0 Å². The van der Waals surface area contributed by atoms with E-state index in [9.17, 15) is 14.7 Å². The zero-order valence-electron chi connectivity index (χ0n) is 9.96. The number of hydrogen-bond acceptors (Lipinski definition) is 3. The van der Waals surface area contributed by atoms with Gasteiger partial charge in [-0.15, -0.1) is 0 Å². The molecule has 0 fully saturated rings. The van der Waals surface area contributed by atoms with E-state index in [0.717, 1.165) is 6.08 Å². The van der Waals surface area contributed by atoms with Crippen LogP contribution in [0.2, 0.25) is 0 Å². The van der Waals surface area contributed by atoms with Crippen molar-refractivity contribution in [1.82, 2.24) is 0 Å².